The largest absolute Gasteiger partial charge is 0.497 e. The topological polar surface area (TPSA) is 75.2 Å². The van der Waals surface area contributed by atoms with Crippen molar-refractivity contribution in [3.05, 3.63) is 48.5 Å². The number of guanidine groups is 1. The maximum atomic E-state index is 12.4. The number of benzene rings is 2. The molecular formula is C23H33IN4O3S. The molecule has 7 nitrogen and oxygen atoms in total. The molecule has 0 aromatic heterocycles. The summed E-state index contributed by atoms with van der Waals surface area (Å²) in [7, 11) is 4.09. The van der Waals surface area contributed by atoms with Crippen molar-refractivity contribution < 1.29 is 13.7 Å². The first-order valence-electron chi connectivity index (χ1n) is 10.5. The average Bonchev–Trinajstić information content (AvgIpc) is 2.83. The van der Waals surface area contributed by atoms with E-state index in [0.29, 0.717) is 18.3 Å². The summed E-state index contributed by atoms with van der Waals surface area (Å²) in [6.07, 6.45) is 1.99. The Hall–Kier alpha value is -2.01. The first-order valence-corrected chi connectivity index (χ1v) is 11.8. The van der Waals surface area contributed by atoms with Crippen LogP contribution < -0.4 is 25.0 Å². The van der Waals surface area contributed by atoms with Crippen LogP contribution in [-0.4, -0.2) is 62.9 Å². The minimum Gasteiger partial charge on any atom is -0.497 e. The molecule has 32 heavy (non-hydrogen) atoms. The summed E-state index contributed by atoms with van der Waals surface area (Å²) in [5.41, 5.74) is 1.11. The van der Waals surface area contributed by atoms with Crippen molar-refractivity contribution in [1.29, 1.82) is 0 Å². The fraction of sp³-hybridized carbons (Fsp3) is 0.435. The number of nitrogens with one attached hydrogen (secondary N) is 2. The molecule has 2 aromatic rings. The average molecular weight is 573 g/mol. The van der Waals surface area contributed by atoms with E-state index in [1.807, 2.05) is 48.5 Å². The van der Waals surface area contributed by atoms with Gasteiger partial charge in [0.05, 0.1) is 25.0 Å². The van der Waals surface area contributed by atoms with E-state index in [1.54, 1.807) is 21.3 Å². The lowest BCUT2D eigenvalue weighted by atomic mass is 10.0. The van der Waals surface area contributed by atoms with Crippen molar-refractivity contribution in [2.45, 2.75) is 23.8 Å². The van der Waals surface area contributed by atoms with Gasteiger partial charge in [-0.2, -0.15) is 0 Å². The number of aliphatic imine (C=N–C) groups is 1. The number of hydrogen-bond acceptors (Lipinski definition) is 5. The van der Waals surface area contributed by atoms with Gasteiger partial charge in [0.15, 0.2) is 5.96 Å². The van der Waals surface area contributed by atoms with Gasteiger partial charge in [-0.1, -0.05) is 18.2 Å². The molecule has 1 unspecified atom stereocenters. The second kappa shape index (κ2) is 13.5. The molecule has 1 saturated heterocycles. The summed E-state index contributed by atoms with van der Waals surface area (Å²) < 4.78 is 23.1. The van der Waals surface area contributed by atoms with Crippen LogP contribution in [0.5, 0.6) is 11.5 Å². The van der Waals surface area contributed by atoms with E-state index in [2.05, 4.69) is 20.5 Å². The number of rotatable bonds is 8. The Balaban J connectivity index is 0.00000363. The molecule has 3 rings (SSSR count). The quantitative estimate of drug-likeness (QED) is 0.288. The van der Waals surface area contributed by atoms with Crippen LogP contribution in [0.25, 0.3) is 0 Å². The van der Waals surface area contributed by atoms with Crippen molar-refractivity contribution in [2.75, 3.05) is 51.6 Å². The highest BCUT2D eigenvalue weighted by Gasteiger charge is 2.21. The zero-order valence-electron chi connectivity index (χ0n) is 18.9. The zero-order chi connectivity index (χ0) is 22.1. The monoisotopic (exact) mass is 572 g/mol. The molecule has 1 aliphatic heterocycles. The summed E-state index contributed by atoms with van der Waals surface area (Å²) in [6, 6.07) is 15.9. The molecular weight excluding hydrogens is 539 g/mol. The summed E-state index contributed by atoms with van der Waals surface area (Å²) in [4.78, 5) is 7.53. The Labute approximate surface area is 210 Å². The number of nitrogens with zero attached hydrogens (tertiary/aromatic N) is 2. The van der Waals surface area contributed by atoms with Crippen LogP contribution in [0.4, 0.5) is 5.69 Å². The van der Waals surface area contributed by atoms with Gasteiger partial charge in [0.25, 0.3) is 0 Å². The smallest absolute Gasteiger partial charge is 0.191 e. The third-order valence-electron chi connectivity index (χ3n) is 5.35. The lowest BCUT2D eigenvalue weighted by molar-refractivity contribution is 0.393. The van der Waals surface area contributed by atoms with Gasteiger partial charge in [0.1, 0.15) is 11.5 Å². The molecule has 2 aromatic carbocycles. The minimum absolute atomic E-state index is 0. The molecule has 176 valence electrons. The van der Waals surface area contributed by atoms with Gasteiger partial charge in [-0.05, 0) is 25.0 Å². The van der Waals surface area contributed by atoms with E-state index in [-0.39, 0.29) is 24.0 Å². The number of hydrogen-bond donors (Lipinski definition) is 2. The Morgan fingerprint density at radius 1 is 1.09 bits per heavy atom. The maximum Gasteiger partial charge on any atom is 0.191 e. The third-order valence-corrected chi connectivity index (χ3v) is 6.72. The Kier molecular flexibility index (Phi) is 11.1. The van der Waals surface area contributed by atoms with E-state index < -0.39 is 10.8 Å². The van der Waals surface area contributed by atoms with Gasteiger partial charge in [0, 0.05) is 67.3 Å². The predicted octanol–water partition coefficient (Wildman–Crippen LogP) is 3.26. The van der Waals surface area contributed by atoms with E-state index in [1.165, 1.54) is 0 Å². The van der Waals surface area contributed by atoms with Crippen LogP contribution in [0.15, 0.2) is 58.4 Å². The van der Waals surface area contributed by atoms with Gasteiger partial charge in [0.2, 0.25) is 0 Å². The van der Waals surface area contributed by atoms with Gasteiger partial charge in [-0.15, -0.1) is 24.0 Å². The van der Waals surface area contributed by atoms with E-state index in [9.17, 15) is 4.21 Å². The standard InChI is InChI=1S/C23H32N4O3S.HI/c1-24-23(25-11-14-31(28)22-7-5-4-6-8-22)26-18-9-12-27(13-10-18)19-15-20(29-2)17-21(16-19)30-3;/h4-8,15-18H,9-14H2,1-3H3,(H2,24,25,26);1H. The van der Waals surface area contributed by atoms with Crippen LogP contribution in [0.1, 0.15) is 12.8 Å². The maximum absolute atomic E-state index is 12.4. The second-order valence-electron chi connectivity index (χ2n) is 7.34. The SMILES string of the molecule is CN=C(NCCS(=O)c1ccccc1)NC1CCN(c2cc(OC)cc(OC)c2)CC1.I. The first-order chi connectivity index (χ1) is 15.1. The minimum atomic E-state index is -1.01. The number of methoxy groups -OCH3 is 2. The van der Waals surface area contributed by atoms with E-state index >= 15 is 0 Å². The number of ether oxygens (including phenoxy) is 2. The van der Waals surface area contributed by atoms with Crippen LogP contribution in [-0.2, 0) is 10.8 Å². The number of halogens is 1. The molecule has 9 heteroatoms. The Bertz CT molecular complexity index is 868. The Morgan fingerprint density at radius 2 is 1.72 bits per heavy atom. The summed E-state index contributed by atoms with van der Waals surface area (Å²) in [5.74, 6) is 2.90. The molecule has 1 fully saturated rings. The summed E-state index contributed by atoms with van der Waals surface area (Å²) in [5, 5.41) is 6.79. The first kappa shape index (κ1) is 26.2. The van der Waals surface area contributed by atoms with Crippen molar-refractivity contribution in [3.63, 3.8) is 0 Å². The van der Waals surface area contributed by atoms with Crippen LogP contribution in [0.2, 0.25) is 0 Å². The van der Waals surface area contributed by atoms with Crippen molar-refractivity contribution in [1.82, 2.24) is 10.6 Å². The van der Waals surface area contributed by atoms with Crippen LogP contribution in [0, 0.1) is 0 Å². The predicted molar refractivity (Wildman–Crippen MR) is 142 cm³/mol. The van der Waals surface area contributed by atoms with Crippen LogP contribution >= 0.6 is 24.0 Å². The molecule has 1 heterocycles. The van der Waals surface area contributed by atoms with Crippen molar-refractivity contribution >= 4 is 46.4 Å². The fourth-order valence-corrected chi connectivity index (χ4v) is 4.58. The van der Waals surface area contributed by atoms with Gasteiger partial charge in [-0.25, -0.2) is 0 Å². The van der Waals surface area contributed by atoms with E-state index in [0.717, 1.165) is 54.0 Å². The fourth-order valence-electron chi connectivity index (χ4n) is 3.60. The third kappa shape index (κ3) is 7.54. The number of anilines is 1. The molecule has 1 aliphatic rings. The Morgan fingerprint density at radius 3 is 2.28 bits per heavy atom. The summed E-state index contributed by atoms with van der Waals surface area (Å²) in [6.45, 7) is 2.47. The van der Waals surface area contributed by atoms with Crippen LogP contribution in [0.3, 0.4) is 0 Å². The summed E-state index contributed by atoms with van der Waals surface area (Å²) >= 11 is 0. The molecule has 0 saturated carbocycles. The molecule has 0 amide bonds. The molecule has 0 spiro atoms. The van der Waals surface area contributed by atoms with Crippen molar-refractivity contribution in [2.24, 2.45) is 4.99 Å². The van der Waals surface area contributed by atoms with Gasteiger partial charge in [-0.3, -0.25) is 9.20 Å². The molecule has 0 bridgehead atoms. The van der Waals surface area contributed by atoms with E-state index in [4.69, 9.17) is 9.47 Å². The van der Waals surface area contributed by atoms with Gasteiger partial charge < -0.3 is 25.0 Å². The van der Waals surface area contributed by atoms with Gasteiger partial charge >= 0.3 is 0 Å². The van der Waals surface area contributed by atoms with Crippen molar-refractivity contribution in [3.8, 4) is 11.5 Å². The zero-order valence-corrected chi connectivity index (χ0v) is 22.0. The molecule has 0 radical (unpaired) electrons. The highest BCUT2D eigenvalue weighted by atomic mass is 127. The molecule has 1 atom stereocenters. The lowest BCUT2D eigenvalue weighted by Gasteiger charge is -2.34. The highest BCUT2D eigenvalue weighted by molar-refractivity contribution is 14.0. The normalized spacial score (nSPS) is 15.5. The highest BCUT2D eigenvalue weighted by Crippen LogP contribution is 2.30. The second-order valence-corrected chi connectivity index (χ2v) is 8.91. The lowest BCUT2D eigenvalue weighted by Crippen LogP contribution is -2.49. The molecule has 0 aliphatic carbocycles. The number of piperidine rings is 1. The molecule has 2 N–H and O–H groups in total.